The fourth-order valence-electron chi connectivity index (χ4n) is 1.50. The van der Waals surface area contributed by atoms with E-state index in [1.165, 1.54) is 5.56 Å². The number of hydrogen-bond donors (Lipinski definition) is 1. The van der Waals surface area contributed by atoms with Crippen LogP contribution in [-0.2, 0) is 0 Å². The molecule has 0 fully saturated rings. The van der Waals surface area contributed by atoms with Crippen LogP contribution in [-0.4, -0.2) is 6.54 Å². The van der Waals surface area contributed by atoms with Crippen molar-refractivity contribution in [2.24, 2.45) is 0 Å². The molecule has 1 N–H and O–H groups in total. The molecule has 0 aliphatic carbocycles. The van der Waals surface area contributed by atoms with Gasteiger partial charge in [-0.2, -0.15) is 0 Å². The smallest absolute Gasteiger partial charge is 0.0318 e. The number of terminal acetylenes is 1. The molecular weight excluding hydrogens is 170 g/mol. The molecule has 0 aliphatic rings. The van der Waals surface area contributed by atoms with Gasteiger partial charge < -0.3 is 5.32 Å². The molecule has 0 saturated carbocycles. The van der Waals surface area contributed by atoms with Crippen LogP contribution in [0.3, 0.4) is 0 Å². The van der Waals surface area contributed by atoms with Gasteiger partial charge >= 0.3 is 0 Å². The molecule has 1 aromatic carbocycles. The molecule has 0 saturated heterocycles. The van der Waals surface area contributed by atoms with Gasteiger partial charge in [-0.15, -0.1) is 12.3 Å². The molecule has 0 aromatic heterocycles. The summed E-state index contributed by atoms with van der Waals surface area (Å²) >= 11 is 0. The highest BCUT2D eigenvalue weighted by atomic mass is 14.9. The highest BCUT2D eigenvalue weighted by Gasteiger charge is 2.06. The summed E-state index contributed by atoms with van der Waals surface area (Å²) in [7, 11) is 0. The normalized spacial score (nSPS) is 12.0. The third-order valence-electron chi connectivity index (χ3n) is 2.27. The van der Waals surface area contributed by atoms with Gasteiger partial charge in [0.2, 0.25) is 0 Å². The van der Waals surface area contributed by atoms with E-state index in [1.807, 2.05) is 6.07 Å². The third-order valence-corrected chi connectivity index (χ3v) is 2.27. The molecule has 1 aromatic rings. The summed E-state index contributed by atoms with van der Waals surface area (Å²) in [5.41, 5.74) is 1.34. The Morgan fingerprint density at radius 3 is 2.64 bits per heavy atom. The van der Waals surface area contributed by atoms with Gasteiger partial charge in [-0.1, -0.05) is 37.3 Å². The topological polar surface area (TPSA) is 12.0 Å². The van der Waals surface area contributed by atoms with Crippen molar-refractivity contribution in [3.63, 3.8) is 0 Å². The van der Waals surface area contributed by atoms with Crippen LogP contribution in [0.5, 0.6) is 0 Å². The average molecular weight is 187 g/mol. The van der Waals surface area contributed by atoms with E-state index < -0.39 is 0 Å². The van der Waals surface area contributed by atoms with Crippen LogP contribution in [0.4, 0.5) is 0 Å². The first-order valence-corrected chi connectivity index (χ1v) is 5.10. The zero-order valence-electron chi connectivity index (χ0n) is 8.66. The van der Waals surface area contributed by atoms with Crippen molar-refractivity contribution >= 4 is 0 Å². The van der Waals surface area contributed by atoms with Crippen molar-refractivity contribution in [1.82, 2.24) is 5.32 Å². The predicted octanol–water partition coefficient (Wildman–Crippen LogP) is 2.75. The van der Waals surface area contributed by atoms with Crippen LogP contribution in [0, 0.1) is 12.3 Å². The molecule has 1 unspecified atom stereocenters. The van der Waals surface area contributed by atoms with Gasteiger partial charge in [0.05, 0.1) is 0 Å². The number of benzene rings is 1. The standard InChI is InChI=1S/C13H17N/c1-3-5-11-14-13(4-2)12-9-7-6-8-10-12/h1,6-10,13-14H,4-5,11H2,2H3. The minimum absolute atomic E-state index is 0.435. The minimum atomic E-state index is 0.435. The summed E-state index contributed by atoms with van der Waals surface area (Å²) in [5.74, 6) is 2.64. The molecule has 0 radical (unpaired) electrons. The van der Waals surface area contributed by atoms with Crippen molar-refractivity contribution in [1.29, 1.82) is 0 Å². The maximum Gasteiger partial charge on any atom is 0.0318 e. The molecule has 1 nitrogen and oxygen atoms in total. The van der Waals surface area contributed by atoms with E-state index in [9.17, 15) is 0 Å². The van der Waals surface area contributed by atoms with Gasteiger partial charge in [-0.3, -0.25) is 0 Å². The Kier molecular flexibility index (Phi) is 4.82. The Bertz CT molecular complexity index is 284. The second kappa shape index (κ2) is 6.23. The van der Waals surface area contributed by atoms with Crippen molar-refractivity contribution in [2.45, 2.75) is 25.8 Å². The lowest BCUT2D eigenvalue weighted by Gasteiger charge is -2.16. The summed E-state index contributed by atoms with van der Waals surface area (Å²) in [6.45, 7) is 3.07. The maximum absolute atomic E-state index is 5.20. The minimum Gasteiger partial charge on any atom is -0.309 e. The molecule has 1 heteroatoms. The van der Waals surface area contributed by atoms with Crippen molar-refractivity contribution in [3.05, 3.63) is 35.9 Å². The monoisotopic (exact) mass is 187 g/mol. The van der Waals surface area contributed by atoms with E-state index >= 15 is 0 Å². The highest BCUT2D eigenvalue weighted by molar-refractivity contribution is 5.18. The summed E-state index contributed by atoms with van der Waals surface area (Å²) in [6.07, 6.45) is 7.09. The van der Waals surface area contributed by atoms with E-state index in [4.69, 9.17) is 6.42 Å². The summed E-state index contributed by atoms with van der Waals surface area (Å²) < 4.78 is 0. The Balaban J connectivity index is 2.51. The van der Waals surface area contributed by atoms with Crippen molar-refractivity contribution in [2.75, 3.05) is 6.54 Å². The largest absolute Gasteiger partial charge is 0.309 e. The van der Waals surface area contributed by atoms with Gasteiger partial charge in [-0.05, 0) is 12.0 Å². The van der Waals surface area contributed by atoms with Crippen molar-refractivity contribution in [3.8, 4) is 12.3 Å². The van der Waals surface area contributed by atoms with E-state index in [-0.39, 0.29) is 0 Å². The zero-order valence-corrected chi connectivity index (χ0v) is 8.66. The molecule has 74 valence electrons. The first-order valence-electron chi connectivity index (χ1n) is 5.10. The SMILES string of the molecule is C#CCCNC(CC)c1ccccc1. The molecule has 0 aliphatic heterocycles. The number of hydrogen-bond acceptors (Lipinski definition) is 1. The fourth-order valence-corrected chi connectivity index (χ4v) is 1.50. The molecule has 0 heterocycles. The molecule has 0 amide bonds. The van der Waals surface area contributed by atoms with E-state index in [2.05, 4.69) is 42.4 Å². The molecular formula is C13H17N. The zero-order chi connectivity index (χ0) is 10.2. The number of rotatable bonds is 5. The van der Waals surface area contributed by atoms with Gasteiger partial charge in [0, 0.05) is 19.0 Å². The summed E-state index contributed by atoms with van der Waals surface area (Å²) in [4.78, 5) is 0. The third kappa shape index (κ3) is 3.24. The molecule has 0 bridgehead atoms. The lowest BCUT2D eigenvalue weighted by atomic mass is 10.0. The predicted molar refractivity (Wildman–Crippen MR) is 60.9 cm³/mol. The van der Waals surface area contributed by atoms with E-state index in [1.54, 1.807) is 0 Å². The maximum atomic E-state index is 5.20. The van der Waals surface area contributed by atoms with Crippen LogP contribution in [0.15, 0.2) is 30.3 Å². The second-order valence-corrected chi connectivity index (χ2v) is 3.28. The van der Waals surface area contributed by atoms with Crippen molar-refractivity contribution < 1.29 is 0 Å². The molecule has 0 spiro atoms. The highest BCUT2D eigenvalue weighted by Crippen LogP contribution is 2.15. The lowest BCUT2D eigenvalue weighted by molar-refractivity contribution is 0.527. The van der Waals surface area contributed by atoms with Gasteiger partial charge in [0.25, 0.3) is 0 Å². The number of nitrogens with one attached hydrogen (secondary N) is 1. The second-order valence-electron chi connectivity index (χ2n) is 3.28. The van der Waals surface area contributed by atoms with Gasteiger partial charge in [0.1, 0.15) is 0 Å². The summed E-state index contributed by atoms with van der Waals surface area (Å²) in [5, 5.41) is 3.44. The first kappa shape index (κ1) is 10.8. The molecule has 1 rings (SSSR count). The quantitative estimate of drug-likeness (QED) is 0.552. The molecule has 1 atom stereocenters. The average Bonchev–Trinajstić information content (AvgIpc) is 2.26. The fraction of sp³-hybridized carbons (Fsp3) is 0.385. The van der Waals surface area contributed by atoms with Crippen LogP contribution in [0.25, 0.3) is 0 Å². The van der Waals surface area contributed by atoms with Crippen LogP contribution < -0.4 is 5.32 Å². The van der Waals surface area contributed by atoms with E-state index in [0.29, 0.717) is 6.04 Å². The Morgan fingerprint density at radius 2 is 2.07 bits per heavy atom. The first-order chi connectivity index (χ1) is 6.88. The van der Waals surface area contributed by atoms with Crippen LogP contribution in [0.2, 0.25) is 0 Å². The van der Waals surface area contributed by atoms with Gasteiger partial charge in [-0.25, -0.2) is 0 Å². The Labute approximate surface area is 86.5 Å². The lowest BCUT2D eigenvalue weighted by Crippen LogP contribution is -2.21. The summed E-state index contributed by atoms with van der Waals surface area (Å²) in [6, 6.07) is 10.9. The van der Waals surface area contributed by atoms with Crippen LogP contribution >= 0.6 is 0 Å². The van der Waals surface area contributed by atoms with Crippen LogP contribution in [0.1, 0.15) is 31.4 Å². The van der Waals surface area contributed by atoms with Gasteiger partial charge in [0.15, 0.2) is 0 Å². The Morgan fingerprint density at radius 1 is 1.36 bits per heavy atom. The van der Waals surface area contributed by atoms with E-state index in [0.717, 1.165) is 19.4 Å². The molecule has 14 heavy (non-hydrogen) atoms. The Hall–Kier alpha value is -1.26.